The molecule has 0 saturated carbocycles. The molecule has 0 aliphatic carbocycles. The molecule has 0 radical (unpaired) electrons. The first kappa shape index (κ1) is 18.4. The lowest BCUT2D eigenvalue weighted by Crippen LogP contribution is -2.50. The molecule has 2 aromatic carbocycles. The molecule has 1 heterocycles. The second-order valence-electron chi connectivity index (χ2n) is 5.80. The maximum absolute atomic E-state index is 12.3. The number of rotatable bonds is 6. The molecule has 1 unspecified atom stereocenters. The Kier molecular flexibility index (Phi) is 5.55. The standard InChI is InChI=1S/C18H20N2O5S/c1-24-15-9-7-14(8-10-15)20-12-16(25-13-18(20)21)11-19-26(22,23)17-5-3-2-4-6-17/h2-10,16,19H,11-13H2,1H3. The van der Waals surface area contributed by atoms with Crippen molar-refractivity contribution in [2.75, 3.05) is 31.7 Å². The van der Waals surface area contributed by atoms with Gasteiger partial charge in [-0.15, -0.1) is 0 Å². The van der Waals surface area contributed by atoms with Crippen LogP contribution in [-0.4, -0.2) is 47.2 Å². The third-order valence-corrected chi connectivity index (χ3v) is 5.51. The van der Waals surface area contributed by atoms with Gasteiger partial charge >= 0.3 is 0 Å². The number of hydrogen-bond acceptors (Lipinski definition) is 5. The van der Waals surface area contributed by atoms with Gasteiger partial charge in [0.1, 0.15) is 12.4 Å². The number of nitrogens with zero attached hydrogens (tertiary/aromatic N) is 1. The van der Waals surface area contributed by atoms with Crippen LogP contribution < -0.4 is 14.4 Å². The van der Waals surface area contributed by atoms with Gasteiger partial charge in [-0.25, -0.2) is 13.1 Å². The minimum Gasteiger partial charge on any atom is -0.497 e. The molecule has 3 rings (SSSR count). The van der Waals surface area contributed by atoms with Crippen molar-refractivity contribution >= 4 is 21.6 Å². The summed E-state index contributed by atoms with van der Waals surface area (Å²) in [4.78, 5) is 13.9. The molecule has 1 aliphatic rings. The van der Waals surface area contributed by atoms with E-state index < -0.39 is 16.1 Å². The lowest BCUT2D eigenvalue weighted by Gasteiger charge is -2.32. The van der Waals surface area contributed by atoms with Gasteiger partial charge in [0.15, 0.2) is 0 Å². The third kappa shape index (κ3) is 4.21. The third-order valence-electron chi connectivity index (χ3n) is 4.07. The van der Waals surface area contributed by atoms with E-state index in [1.807, 2.05) is 0 Å². The molecule has 138 valence electrons. The van der Waals surface area contributed by atoms with Crippen LogP contribution in [0.4, 0.5) is 5.69 Å². The van der Waals surface area contributed by atoms with Crippen molar-refractivity contribution in [2.45, 2.75) is 11.0 Å². The number of morpholine rings is 1. The second-order valence-corrected chi connectivity index (χ2v) is 7.57. The first-order valence-corrected chi connectivity index (χ1v) is 9.58. The predicted molar refractivity (Wildman–Crippen MR) is 96.7 cm³/mol. The largest absolute Gasteiger partial charge is 0.497 e. The normalized spacial score (nSPS) is 18.0. The van der Waals surface area contributed by atoms with E-state index in [-0.39, 0.29) is 30.5 Å². The molecule has 1 aliphatic heterocycles. The SMILES string of the molecule is COc1ccc(N2CC(CNS(=O)(=O)c3ccccc3)OCC2=O)cc1. The molecule has 0 spiro atoms. The van der Waals surface area contributed by atoms with Crippen LogP contribution in [0.3, 0.4) is 0 Å². The molecule has 0 bridgehead atoms. The fourth-order valence-electron chi connectivity index (χ4n) is 2.65. The minimum absolute atomic E-state index is 0.0805. The van der Waals surface area contributed by atoms with E-state index in [2.05, 4.69) is 4.72 Å². The van der Waals surface area contributed by atoms with Crippen molar-refractivity contribution in [1.29, 1.82) is 0 Å². The van der Waals surface area contributed by atoms with Crippen LogP contribution in [0, 0.1) is 0 Å². The van der Waals surface area contributed by atoms with Gasteiger partial charge in [-0.05, 0) is 36.4 Å². The van der Waals surface area contributed by atoms with Gasteiger partial charge in [0, 0.05) is 12.2 Å². The number of carbonyl (C=O) groups is 1. The number of carbonyl (C=O) groups excluding carboxylic acids is 1. The summed E-state index contributed by atoms with van der Waals surface area (Å²) < 4.78 is 37.7. The van der Waals surface area contributed by atoms with Crippen LogP contribution in [0.1, 0.15) is 0 Å². The predicted octanol–water partition coefficient (Wildman–Crippen LogP) is 1.41. The molecule has 1 atom stereocenters. The van der Waals surface area contributed by atoms with Crippen molar-refractivity contribution in [3.63, 3.8) is 0 Å². The molecule has 7 nitrogen and oxygen atoms in total. The zero-order chi connectivity index (χ0) is 18.6. The lowest BCUT2D eigenvalue weighted by atomic mass is 10.2. The van der Waals surface area contributed by atoms with Gasteiger partial charge in [-0.3, -0.25) is 4.79 Å². The number of nitrogens with one attached hydrogen (secondary N) is 1. The van der Waals surface area contributed by atoms with E-state index in [9.17, 15) is 13.2 Å². The highest BCUT2D eigenvalue weighted by molar-refractivity contribution is 7.89. The number of anilines is 1. The Bertz CT molecular complexity index is 853. The average Bonchev–Trinajstić information content (AvgIpc) is 2.68. The van der Waals surface area contributed by atoms with Gasteiger partial charge in [-0.1, -0.05) is 18.2 Å². The van der Waals surface area contributed by atoms with Crippen molar-refractivity contribution in [3.8, 4) is 5.75 Å². The molecule has 0 aromatic heterocycles. The highest BCUT2D eigenvalue weighted by Crippen LogP contribution is 2.22. The topological polar surface area (TPSA) is 84.9 Å². The van der Waals surface area contributed by atoms with E-state index in [1.54, 1.807) is 54.5 Å². The summed E-state index contributed by atoms with van der Waals surface area (Å²) >= 11 is 0. The Morgan fingerprint density at radius 1 is 1.15 bits per heavy atom. The Hall–Kier alpha value is -2.42. The second kappa shape index (κ2) is 7.86. The number of benzene rings is 2. The van der Waals surface area contributed by atoms with Crippen LogP contribution >= 0.6 is 0 Å². The van der Waals surface area contributed by atoms with Crippen LogP contribution in [0.5, 0.6) is 5.75 Å². The molecule has 8 heteroatoms. The highest BCUT2D eigenvalue weighted by atomic mass is 32.2. The summed E-state index contributed by atoms with van der Waals surface area (Å²) in [6.07, 6.45) is -0.437. The zero-order valence-corrected chi connectivity index (χ0v) is 15.1. The quantitative estimate of drug-likeness (QED) is 0.824. The van der Waals surface area contributed by atoms with E-state index in [0.717, 1.165) is 5.69 Å². The summed E-state index contributed by atoms with van der Waals surface area (Å²) in [6, 6.07) is 15.2. The number of hydrogen-bond donors (Lipinski definition) is 1. The lowest BCUT2D eigenvalue weighted by molar-refractivity contribution is -0.129. The summed E-state index contributed by atoms with van der Waals surface area (Å²) in [7, 11) is -2.04. The van der Waals surface area contributed by atoms with Crippen molar-refractivity contribution in [3.05, 3.63) is 54.6 Å². The van der Waals surface area contributed by atoms with Gasteiger partial charge in [0.25, 0.3) is 5.91 Å². The smallest absolute Gasteiger partial charge is 0.253 e. The Morgan fingerprint density at radius 2 is 1.85 bits per heavy atom. The molecule has 1 amide bonds. The molecule has 26 heavy (non-hydrogen) atoms. The van der Waals surface area contributed by atoms with E-state index in [4.69, 9.17) is 9.47 Å². The van der Waals surface area contributed by atoms with Crippen molar-refractivity contribution in [2.24, 2.45) is 0 Å². The molecular formula is C18H20N2O5S. The van der Waals surface area contributed by atoms with E-state index in [0.29, 0.717) is 5.75 Å². The monoisotopic (exact) mass is 376 g/mol. The summed E-state index contributed by atoms with van der Waals surface area (Å²) in [5.74, 6) is 0.527. The fraction of sp³-hybridized carbons (Fsp3) is 0.278. The summed E-state index contributed by atoms with van der Waals surface area (Å²) in [5.41, 5.74) is 0.718. The first-order valence-electron chi connectivity index (χ1n) is 8.10. The van der Waals surface area contributed by atoms with Gasteiger partial charge in [0.05, 0.1) is 24.7 Å². The Morgan fingerprint density at radius 3 is 2.50 bits per heavy atom. The number of methoxy groups -OCH3 is 1. The number of ether oxygens (including phenoxy) is 2. The molecule has 1 N–H and O–H groups in total. The molecule has 1 saturated heterocycles. The van der Waals surface area contributed by atoms with Gasteiger partial charge in [-0.2, -0.15) is 0 Å². The highest BCUT2D eigenvalue weighted by Gasteiger charge is 2.28. The van der Waals surface area contributed by atoms with E-state index >= 15 is 0 Å². The van der Waals surface area contributed by atoms with Gasteiger partial charge < -0.3 is 14.4 Å². The Balaban J connectivity index is 1.65. The van der Waals surface area contributed by atoms with Gasteiger partial charge in [0.2, 0.25) is 10.0 Å². The molecular weight excluding hydrogens is 356 g/mol. The maximum Gasteiger partial charge on any atom is 0.253 e. The Labute approximate surface area is 152 Å². The number of amides is 1. The maximum atomic E-state index is 12.3. The molecule has 2 aromatic rings. The van der Waals surface area contributed by atoms with Crippen LogP contribution in [0.2, 0.25) is 0 Å². The van der Waals surface area contributed by atoms with Crippen LogP contribution in [-0.2, 0) is 19.6 Å². The fourth-order valence-corrected chi connectivity index (χ4v) is 3.73. The van der Waals surface area contributed by atoms with E-state index in [1.165, 1.54) is 12.1 Å². The summed E-state index contributed by atoms with van der Waals surface area (Å²) in [5, 5.41) is 0. The first-order chi connectivity index (χ1) is 12.5. The average molecular weight is 376 g/mol. The summed E-state index contributed by atoms with van der Waals surface area (Å²) in [6.45, 7) is 0.253. The van der Waals surface area contributed by atoms with Crippen molar-refractivity contribution in [1.82, 2.24) is 4.72 Å². The van der Waals surface area contributed by atoms with Crippen molar-refractivity contribution < 1.29 is 22.7 Å². The van der Waals surface area contributed by atoms with Crippen LogP contribution in [0.25, 0.3) is 0 Å². The molecule has 1 fully saturated rings. The minimum atomic E-state index is -3.61. The number of sulfonamides is 1. The van der Waals surface area contributed by atoms with Crippen LogP contribution in [0.15, 0.2) is 59.5 Å². The zero-order valence-electron chi connectivity index (χ0n) is 14.3.